The fourth-order valence-corrected chi connectivity index (χ4v) is 6.07. The number of benzene rings is 1. The number of dihydropyridines is 1. The SMILES string of the molecule is C=CC(=O)N1C[C@H](C)N(c2nc(=O)n(C3=C(C)C=CNC3C(C)C)c3nc(-c4c(O)cccc4F)c(Cl)cc23)C[C@H]1C. The van der Waals surface area contributed by atoms with Gasteiger partial charge in [0.1, 0.15) is 17.4 Å². The Balaban J connectivity index is 1.82. The van der Waals surface area contributed by atoms with E-state index in [1.54, 1.807) is 11.0 Å². The number of carbonyl (C=O) groups is 1. The van der Waals surface area contributed by atoms with Crippen LogP contribution in [0.25, 0.3) is 28.0 Å². The summed E-state index contributed by atoms with van der Waals surface area (Å²) in [5, 5.41) is 14.5. The number of phenols is 1. The van der Waals surface area contributed by atoms with Gasteiger partial charge in [-0.25, -0.2) is 18.7 Å². The van der Waals surface area contributed by atoms with Gasteiger partial charge < -0.3 is 20.2 Å². The first-order chi connectivity index (χ1) is 19.9. The summed E-state index contributed by atoms with van der Waals surface area (Å²) in [5.74, 6) is -0.722. The number of aromatic hydroxyl groups is 1. The molecule has 0 aliphatic carbocycles. The molecule has 0 bridgehead atoms. The Bertz CT molecular complexity index is 1690. The fraction of sp³-hybridized carbons (Fsp3) is 0.355. The standard InChI is InChI=1S/C31H34ClFN6O3/c1-7-24(41)37-14-19(6)38(15-18(37)5)29-20-13-21(32)27(25-22(33)9-8-10-23(25)40)35-30(20)39(31(42)36-29)28-17(4)11-12-34-26(28)16(2)3/h7-13,16,18-19,26,34,40H,1,14-15H2,2-6H3/t18-,19+,26?/m1/s1. The second-order valence-electron chi connectivity index (χ2n) is 11.2. The number of piperazine rings is 1. The Morgan fingerprint density at radius 2 is 1.98 bits per heavy atom. The number of hydrogen-bond donors (Lipinski definition) is 2. The summed E-state index contributed by atoms with van der Waals surface area (Å²) in [6.45, 7) is 14.3. The van der Waals surface area contributed by atoms with Crippen LogP contribution in [0.3, 0.4) is 0 Å². The largest absolute Gasteiger partial charge is 0.507 e. The normalized spacial score (nSPS) is 20.8. The average molecular weight is 593 g/mol. The van der Waals surface area contributed by atoms with Crippen molar-refractivity contribution in [3.05, 3.63) is 76.1 Å². The predicted octanol–water partition coefficient (Wildman–Crippen LogP) is 4.94. The van der Waals surface area contributed by atoms with E-state index in [1.165, 1.54) is 28.8 Å². The van der Waals surface area contributed by atoms with E-state index in [1.807, 2.05) is 51.8 Å². The molecule has 3 aromatic rings. The molecular weight excluding hydrogens is 559 g/mol. The predicted molar refractivity (Wildman–Crippen MR) is 164 cm³/mol. The first-order valence-corrected chi connectivity index (χ1v) is 14.3. The number of halogens is 2. The highest BCUT2D eigenvalue weighted by atomic mass is 35.5. The van der Waals surface area contributed by atoms with E-state index >= 15 is 4.39 Å². The third-order valence-corrected chi connectivity index (χ3v) is 8.25. The van der Waals surface area contributed by atoms with Gasteiger partial charge in [0.2, 0.25) is 5.91 Å². The minimum Gasteiger partial charge on any atom is -0.507 e. The Morgan fingerprint density at radius 1 is 1.24 bits per heavy atom. The van der Waals surface area contributed by atoms with Crippen LogP contribution >= 0.6 is 11.6 Å². The summed E-state index contributed by atoms with van der Waals surface area (Å²) in [5.41, 5.74) is 1.03. The summed E-state index contributed by atoms with van der Waals surface area (Å²) < 4.78 is 16.5. The number of fused-ring (bicyclic) bond motifs is 1. The molecule has 0 spiro atoms. The van der Waals surface area contributed by atoms with E-state index < -0.39 is 11.5 Å². The maximum atomic E-state index is 15.1. The number of rotatable bonds is 5. The molecular formula is C31H34ClFN6O3. The molecule has 1 fully saturated rings. The number of allylic oxidation sites excluding steroid dienone is 2. The minimum absolute atomic E-state index is 0.00606. The fourth-order valence-electron chi connectivity index (χ4n) is 5.82. The summed E-state index contributed by atoms with van der Waals surface area (Å²) >= 11 is 6.75. The average Bonchev–Trinajstić information content (AvgIpc) is 2.94. The lowest BCUT2D eigenvalue weighted by Crippen LogP contribution is -2.58. The van der Waals surface area contributed by atoms with Crippen LogP contribution < -0.4 is 15.9 Å². The van der Waals surface area contributed by atoms with E-state index in [-0.39, 0.29) is 57.6 Å². The molecule has 3 atom stereocenters. The molecule has 1 unspecified atom stereocenters. The molecule has 0 radical (unpaired) electrons. The minimum atomic E-state index is -0.699. The number of nitrogens with one attached hydrogen (secondary N) is 1. The van der Waals surface area contributed by atoms with Crippen molar-refractivity contribution in [2.75, 3.05) is 18.0 Å². The van der Waals surface area contributed by atoms with Crippen molar-refractivity contribution in [2.45, 2.75) is 52.7 Å². The van der Waals surface area contributed by atoms with Crippen LogP contribution in [0, 0.1) is 11.7 Å². The maximum absolute atomic E-state index is 15.1. The van der Waals surface area contributed by atoms with Gasteiger partial charge in [-0.3, -0.25) is 4.79 Å². The highest BCUT2D eigenvalue weighted by molar-refractivity contribution is 6.34. The molecule has 5 rings (SSSR count). The quantitative estimate of drug-likeness (QED) is 0.405. The van der Waals surface area contributed by atoms with E-state index in [0.29, 0.717) is 30.0 Å². The number of carbonyl (C=O) groups excluding carboxylic acids is 1. The van der Waals surface area contributed by atoms with Crippen molar-refractivity contribution in [1.82, 2.24) is 24.8 Å². The molecule has 2 aromatic heterocycles. The second kappa shape index (κ2) is 11.2. The van der Waals surface area contributed by atoms with Crippen molar-refractivity contribution < 1.29 is 14.3 Å². The molecule has 2 aliphatic rings. The molecule has 42 heavy (non-hydrogen) atoms. The Morgan fingerprint density at radius 3 is 2.64 bits per heavy atom. The van der Waals surface area contributed by atoms with Crippen molar-refractivity contribution in [2.24, 2.45) is 5.92 Å². The summed E-state index contributed by atoms with van der Waals surface area (Å²) in [6, 6.07) is 4.96. The zero-order chi connectivity index (χ0) is 30.5. The van der Waals surface area contributed by atoms with Crippen molar-refractivity contribution >= 4 is 40.1 Å². The summed E-state index contributed by atoms with van der Waals surface area (Å²) in [4.78, 5) is 39.6. The lowest BCUT2D eigenvalue weighted by molar-refractivity contribution is -0.128. The number of nitrogens with zero attached hydrogens (tertiary/aromatic N) is 5. The van der Waals surface area contributed by atoms with Crippen molar-refractivity contribution in [3.63, 3.8) is 0 Å². The number of aromatic nitrogens is 3. The van der Waals surface area contributed by atoms with Crippen LogP contribution in [0.2, 0.25) is 5.02 Å². The maximum Gasteiger partial charge on any atom is 0.355 e. The number of anilines is 1. The van der Waals surface area contributed by atoms with Gasteiger partial charge in [0.15, 0.2) is 5.65 Å². The third kappa shape index (κ3) is 4.93. The molecule has 4 heterocycles. The first-order valence-electron chi connectivity index (χ1n) is 13.9. The van der Waals surface area contributed by atoms with Crippen LogP contribution in [0.4, 0.5) is 10.2 Å². The molecule has 2 N–H and O–H groups in total. The second-order valence-corrected chi connectivity index (χ2v) is 11.6. The number of amides is 1. The molecule has 1 amide bonds. The molecule has 1 aromatic carbocycles. The molecule has 1 saturated heterocycles. The molecule has 220 valence electrons. The molecule has 2 aliphatic heterocycles. The highest BCUT2D eigenvalue weighted by Gasteiger charge is 2.35. The summed E-state index contributed by atoms with van der Waals surface area (Å²) in [7, 11) is 0. The molecule has 0 saturated carbocycles. The van der Waals surface area contributed by atoms with Crippen LogP contribution in [0.15, 0.2) is 59.6 Å². The van der Waals surface area contributed by atoms with E-state index in [2.05, 4.69) is 16.9 Å². The topological polar surface area (TPSA) is 104 Å². The van der Waals surface area contributed by atoms with Gasteiger partial charge in [0, 0.05) is 25.2 Å². The van der Waals surface area contributed by atoms with Crippen molar-refractivity contribution in [3.8, 4) is 17.0 Å². The third-order valence-electron chi connectivity index (χ3n) is 7.96. The number of phenolic OH excluding ortho intramolecular Hbond substituents is 1. The lowest BCUT2D eigenvalue weighted by Gasteiger charge is -2.44. The highest BCUT2D eigenvalue weighted by Crippen LogP contribution is 2.39. The van der Waals surface area contributed by atoms with Gasteiger partial charge >= 0.3 is 5.69 Å². The van der Waals surface area contributed by atoms with Gasteiger partial charge in [0.05, 0.1) is 33.4 Å². The number of pyridine rings is 1. The zero-order valence-corrected chi connectivity index (χ0v) is 25.0. The molecule has 11 heteroatoms. The van der Waals surface area contributed by atoms with Gasteiger partial charge in [-0.1, -0.05) is 38.1 Å². The van der Waals surface area contributed by atoms with Crippen LogP contribution in [-0.2, 0) is 4.79 Å². The van der Waals surface area contributed by atoms with Crippen LogP contribution in [-0.4, -0.2) is 61.7 Å². The van der Waals surface area contributed by atoms with Gasteiger partial charge in [-0.15, -0.1) is 0 Å². The van der Waals surface area contributed by atoms with Crippen molar-refractivity contribution in [1.29, 1.82) is 0 Å². The van der Waals surface area contributed by atoms with Crippen LogP contribution in [0.1, 0.15) is 34.6 Å². The number of hydrogen-bond acceptors (Lipinski definition) is 7. The zero-order valence-electron chi connectivity index (χ0n) is 24.2. The van der Waals surface area contributed by atoms with E-state index in [4.69, 9.17) is 16.6 Å². The summed E-state index contributed by atoms with van der Waals surface area (Å²) in [6.07, 6.45) is 5.02. The smallest absolute Gasteiger partial charge is 0.355 e. The Kier molecular flexibility index (Phi) is 7.85. The Labute approximate surface area is 248 Å². The monoisotopic (exact) mass is 592 g/mol. The lowest BCUT2D eigenvalue weighted by atomic mass is 9.95. The first kappa shape index (κ1) is 29.3. The molecule has 9 nitrogen and oxygen atoms in total. The van der Waals surface area contributed by atoms with Gasteiger partial charge in [-0.05, 0) is 68.8 Å². The van der Waals surface area contributed by atoms with Crippen LogP contribution in [0.5, 0.6) is 5.75 Å². The van der Waals surface area contributed by atoms with E-state index in [0.717, 1.165) is 5.57 Å². The Hall–Kier alpha value is -4.18. The van der Waals surface area contributed by atoms with E-state index in [9.17, 15) is 14.7 Å². The van der Waals surface area contributed by atoms with Gasteiger partial charge in [0.25, 0.3) is 0 Å². The van der Waals surface area contributed by atoms with Gasteiger partial charge in [-0.2, -0.15) is 4.98 Å².